The van der Waals surface area contributed by atoms with Crippen molar-refractivity contribution in [2.75, 3.05) is 7.05 Å². The van der Waals surface area contributed by atoms with Gasteiger partial charge in [-0.15, -0.1) is 0 Å². The molecular formula is C20H25N5O3. The number of aromatic nitrogens is 1. The number of nitrogens with zero attached hydrogens (tertiary/aromatic N) is 3. The maximum absolute atomic E-state index is 12.9. The van der Waals surface area contributed by atoms with Crippen molar-refractivity contribution in [3.8, 4) is 0 Å². The molecule has 28 heavy (non-hydrogen) atoms. The number of likely N-dealkylation sites (N-methyl/N-ethyl adjacent to an activating group) is 1. The van der Waals surface area contributed by atoms with Crippen molar-refractivity contribution >= 4 is 23.5 Å². The molecule has 8 heteroatoms. The number of nitrogens with two attached hydrogens (primary N) is 1. The summed E-state index contributed by atoms with van der Waals surface area (Å²) in [6.07, 6.45) is 7.47. The zero-order valence-corrected chi connectivity index (χ0v) is 16.0. The lowest BCUT2D eigenvalue weighted by Gasteiger charge is -2.31. The SMILES string of the molecule is CN1C(=O)[C@](C[C@H]2CCCC(=NC(=O)c3ccc(=O)[nH]c3)C2)(C2CC2)N=C1N. The number of carbonyl (C=O) groups excluding carboxylic acids is 2. The van der Waals surface area contributed by atoms with Gasteiger partial charge in [-0.1, -0.05) is 0 Å². The molecule has 2 heterocycles. The Labute approximate surface area is 162 Å². The lowest BCUT2D eigenvalue weighted by atomic mass is 9.76. The third-order valence-corrected chi connectivity index (χ3v) is 6.08. The summed E-state index contributed by atoms with van der Waals surface area (Å²) in [5.41, 5.74) is 6.19. The predicted molar refractivity (Wildman–Crippen MR) is 105 cm³/mol. The summed E-state index contributed by atoms with van der Waals surface area (Å²) in [5, 5.41) is 0. The molecule has 2 fully saturated rings. The summed E-state index contributed by atoms with van der Waals surface area (Å²) in [4.78, 5) is 49.3. The minimum atomic E-state index is -0.727. The van der Waals surface area contributed by atoms with Crippen LogP contribution < -0.4 is 11.3 Å². The van der Waals surface area contributed by atoms with Crippen LogP contribution in [0.3, 0.4) is 0 Å². The van der Waals surface area contributed by atoms with Crippen LogP contribution in [-0.4, -0.2) is 46.0 Å². The number of nitrogens with one attached hydrogen (secondary N) is 1. The molecular weight excluding hydrogens is 358 g/mol. The van der Waals surface area contributed by atoms with Crippen LogP contribution in [0.25, 0.3) is 0 Å². The fraction of sp³-hybridized carbons (Fsp3) is 0.550. The van der Waals surface area contributed by atoms with E-state index < -0.39 is 5.54 Å². The number of amides is 2. The van der Waals surface area contributed by atoms with Gasteiger partial charge in [0.05, 0.1) is 5.56 Å². The first-order valence-electron chi connectivity index (χ1n) is 9.82. The molecule has 1 aromatic rings. The molecule has 4 rings (SSSR count). The second kappa shape index (κ2) is 7.00. The number of hydrogen-bond donors (Lipinski definition) is 2. The maximum Gasteiger partial charge on any atom is 0.278 e. The number of guanidine groups is 1. The van der Waals surface area contributed by atoms with E-state index in [2.05, 4.69) is 15.0 Å². The first kappa shape index (κ1) is 18.6. The Morgan fingerprint density at radius 3 is 2.75 bits per heavy atom. The summed E-state index contributed by atoms with van der Waals surface area (Å²) >= 11 is 0. The third-order valence-electron chi connectivity index (χ3n) is 6.08. The Kier molecular flexibility index (Phi) is 4.64. The second-order valence-corrected chi connectivity index (χ2v) is 8.12. The monoisotopic (exact) mass is 383 g/mol. The molecule has 3 N–H and O–H groups in total. The predicted octanol–water partition coefficient (Wildman–Crippen LogP) is 1.47. The van der Waals surface area contributed by atoms with Crippen molar-refractivity contribution in [1.82, 2.24) is 9.88 Å². The lowest BCUT2D eigenvalue weighted by Crippen LogP contribution is -2.45. The Balaban J connectivity index is 1.49. The average molecular weight is 383 g/mol. The number of rotatable bonds is 4. The number of carbonyl (C=O) groups is 2. The van der Waals surface area contributed by atoms with E-state index in [1.165, 1.54) is 23.2 Å². The van der Waals surface area contributed by atoms with Crippen LogP contribution in [0.5, 0.6) is 0 Å². The second-order valence-electron chi connectivity index (χ2n) is 8.12. The van der Waals surface area contributed by atoms with E-state index in [-0.39, 0.29) is 29.2 Å². The van der Waals surface area contributed by atoms with Crippen molar-refractivity contribution in [2.45, 2.75) is 50.5 Å². The Bertz CT molecular complexity index is 910. The van der Waals surface area contributed by atoms with Gasteiger partial charge in [0.2, 0.25) is 5.56 Å². The lowest BCUT2D eigenvalue weighted by molar-refractivity contribution is -0.131. The van der Waals surface area contributed by atoms with E-state index in [9.17, 15) is 14.4 Å². The zero-order chi connectivity index (χ0) is 19.9. The first-order chi connectivity index (χ1) is 13.4. The molecule has 0 aromatic carbocycles. The van der Waals surface area contributed by atoms with E-state index in [4.69, 9.17) is 5.73 Å². The Morgan fingerprint density at radius 2 is 2.14 bits per heavy atom. The van der Waals surface area contributed by atoms with Crippen molar-refractivity contribution in [1.29, 1.82) is 0 Å². The Hall–Kier alpha value is -2.77. The van der Waals surface area contributed by atoms with Crippen molar-refractivity contribution in [3.63, 3.8) is 0 Å². The summed E-state index contributed by atoms with van der Waals surface area (Å²) in [6, 6.07) is 2.80. The largest absolute Gasteiger partial charge is 0.369 e. The third kappa shape index (κ3) is 3.39. The van der Waals surface area contributed by atoms with Crippen LogP contribution in [-0.2, 0) is 4.79 Å². The molecule has 8 nitrogen and oxygen atoms in total. The highest BCUT2D eigenvalue weighted by molar-refractivity contribution is 6.07. The molecule has 148 valence electrons. The fourth-order valence-electron chi connectivity index (χ4n) is 4.45. The summed E-state index contributed by atoms with van der Waals surface area (Å²) in [6.45, 7) is 0. The number of H-pyrrole nitrogens is 1. The van der Waals surface area contributed by atoms with Gasteiger partial charge < -0.3 is 10.7 Å². The molecule has 3 aliphatic rings. The summed E-state index contributed by atoms with van der Waals surface area (Å²) in [7, 11) is 1.68. The molecule has 1 aromatic heterocycles. The van der Waals surface area contributed by atoms with E-state index in [0.717, 1.165) is 37.8 Å². The number of aliphatic imine (C=N–C) groups is 2. The van der Waals surface area contributed by atoms with Crippen LogP contribution in [0, 0.1) is 11.8 Å². The van der Waals surface area contributed by atoms with Gasteiger partial charge in [-0.3, -0.25) is 19.3 Å². The fourth-order valence-corrected chi connectivity index (χ4v) is 4.45. The number of pyridine rings is 1. The van der Waals surface area contributed by atoms with E-state index >= 15 is 0 Å². The van der Waals surface area contributed by atoms with Gasteiger partial charge in [0, 0.05) is 25.0 Å². The van der Waals surface area contributed by atoms with Crippen molar-refractivity contribution in [2.24, 2.45) is 27.6 Å². The van der Waals surface area contributed by atoms with Crippen LogP contribution in [0.1, 0.15) is 55.3 Å². The van der Waals surface area contributed by atoms with Crippen LogP contribution >= 0.6 is 0 Å². The van der Waals surface area contributed by atoms with Gasteiger partial charge in [-0.05, 0) is 62.8 Å². The van der Waals surface area contributed by atoms with E-state index in [1.54, 1.807) is 7.05 Å². The van der Waals surface area contributed by atoms with Crippen molar-refractivity contribution in [3.05, 3.63) is 34.2 Å². The number of aromatic amines is 1. The van der Waals surface area contributed by atoms with Crippen LogP contribution in [0.2, 0.25) is 0 Å². The molecule has 2 saturated carbocycles. The van der Waals surface area contributed by atoms with Crippen LogP contribution in [0.15, 0.2) is 33.1 Å². The molecule has 2 atom stereocenters. The van der Waals surface area contributed by atoms with Crippen LogP contribution in [0.4, 0.5) is 0 Å². The molecule has 0 unspecified atom stereocenters. The number of hydrogen-bond acceptors (Lipinski definition) is 5. The standard InChI is InChI=1S/C20H25N5O3/c1-25-18(28)20(14-6-7-14,24-19(25)21)10-12-3-2-4-15(9-12)23-17(27)13-5-8-16(26)22-11-13/h5,8,11-12,14H,2-4,6-7,9-10H2,1H3,(H2,21,24)(H,22,26)/t12-,20-/m0/s1. The van der Waals surface area contributed by atoms with E-state index in [0.29, 0.717) is 24.4 Å². The molecule has 0 radical (unpaired) electrons. The van der Waals surface area contributed by atoms with Gasteiger partial charge in [0.1, 0.15) is 5.54 Å². The molecule has 2 amide bonds. The topological polar surface area (TPSA) is 121 Å². The highest BCUT2D eigenvalue weighted by Gasteiger charge is 2.56. The van der Waals surface area contributed by atoms with Gasteiger partial charge >= 0.3 is 0 Å². The summed E-state index contributed by atoms with van der Waals surface area (Å²) < 4.78 is 0. The Morgan fingerprint density at radius 1 is 1.36 bits per heavy atom. The zero-order valence-electron chi connectivity index (χ0n) is 16.0. The van der Waals surface area contributed by atoms with Gasteiger partial charge in [0.15, 0.2) is 5.96 Å². The molecule has 2 aliphatic carbocycles. The normalized spacial score (nSPS) is 29.2. The van der Waals surface area contributed by atoms with Gasteiger partial charge in [0.25, 0.3) is 11.8 Å². The van der Waals surface area contributed by atoms with Crippen molar-refractivity contribution < 1.29 is 9.59 Å². The smallest absolute Gasteiger partial charge is 0.278 e. The minimum absolute atomic E-state index is 0.000813. The van der Waals surface area contributed by atoms with E-state index in [1.807, 2.05) is 0 Å². The molecule has 0 bridgehead atoms. The molecule has 1 aliphatic heterocycles. The highest BCUT2D eigenvalue weighted by Crippen LogP contribution is 2.49. The van der Waals surface area contributed by atoms with Gasteiger partial charge in [-0.25, -0.2) is 9.98 Å². The highest BCUT2D eigenvalue weighted by atomic mass is 16.2. The first-order valence-corrected chi connectivity index (χ1v) is 9.82. The maximum atomic E-state index is 12.9. The summed E-state index contributed by atoms with van der Waals surface area (Å²) in [5.74, 6) is 0.482. The molecule has 0 spiro atoms. The van der Waals surface area contributed by atoms with Gasteiger partial charge in [-0.2, -0.15) is 0 Å². The minimum Gasteiger partial charge on any atom is -0.369 e. The average Bonchev–Trinajstić information content (AvgIpc) is 3.49. The molecule has 0 saturated heterocycles. The quantitative estimate of drug-likeness (QED) is 0.818.